The highest BCUT2D eigenvalue weighted by Gasteiger charge is 2.01. The highest BCUT2D eigenvalue weighted by molar-refractivity contribution is 5.43. The van der Waals surface area contributed by atoms with Crippen LogP contribution in [-0.2, 0) is 0 Å². The first-order chi connectivity index (χ1) is 8.31. The summed E-state index contributed by atoms with van der Waals surface area (Å²) >= 11 is 0. The van der Waals surface area contributed by atoms with Crippen molar-refractivity contribution in [1.29, 1.82) is 0 Å². The molecule has 0 spiro atoms. The van der Waals surface area contributed by atoms with Crippen molar-refractivity contribution in [1.82, 2.24) is 14.6 Å². The number of aromatic nitrogens is 3. The SMILES string of the molecule is Nc1ccc(Oc2ccn3nccc3n2)cc1. The summed E-state index contributed by atoms with van der Waals surface area (Å²) < 4.78 is 7.28. The van der Waals surface area contributed by atoms with E-state index in [2.05, 4.69) is 10.1 Å². The number of nitrogens with two attached hydrogens (primary N) is 1. The average molecular weight is 226 g/mol. The average Bonchev–Trinajstić information content (AvgIpc) is 2.79. The summed E-state index contributed by atoms with van der Waals surface area (Å²) in [5.41, 5.74) is 7.05. The van der Waals surface area contributed by atoms with Gasteiger partial charge in [-0.05, 0) is 24.3 Å². The lowest BCUT2D eigenvalue weighted by Gasteiger charge is -2.04. The summed E-state index contributed by atoms with van der Waals surface area (Å²) in [6.45, 7) is 0. The van der Waals surface area contributed by atoms with Crippen LogP contribution in [0, 0.1) is 0 Å². The van der Waals surface area contributed by atoms with E-state index in [0.717, 1.165) is 5.65 Å². The number of anilines is 1. The number of hydrogen-bond donors (Lipinski definition) is 1. The summed E-state index contributed by atoms with van der Waals surface area (Å²) in [6.07, 6.45) is 3.49. The van der Waals surface area contributed by atoms with Gasteiger partial charge in [-0.2, -0.15) is 10.1 Å². The van der Waals surface area contributed by atoms with Crippen molar-refractivity contribution >= 4 is 11.3 Å². The van der Waals surface area contributed by atoms with Gasteiger partial charge in [-0.15, -0.1) is 0 Å². The third-order valence-corrected chi connectivity index (χ3v) is 2.33. The van der Waals surface area contributed by atoms with Gasteiger partial charge >= 0.3 is 0 Å². The summed E-state index contributed by atoms with van der Waals surface area (Å²) in [6, 6.07) is 10.8. The normalized spacial score (nSPS) is 10.6. The standard InChI is InChI=1S/C12H10N4O/c13-9-1-3-10(4-2-9)17-12-6-8-16-11(15-12)5-7-14-16/h1-8H,13H2. The fourth-order valence-corrected chi connectivity index (χ4v) is 1.51. The van der Waals surface area contributed by atoms with E-state index in [-0.39, 0.29) is 0 Å². The van der Waals surface area contributed by atoms with E-state index in [1.54, 1.807) is 47.2 Å². The van der Waals surface area contributed by atoms with Gasteiger partial charge in [0.25, 0.3) is 0 Å². The van der Waals surface area contributed by atoms with Crippen LogP contribution in [0.5, 0.6) is 11.6 Å². The fraction of sp³-hybridized carbons (Fsp3) is 0. The first-order valence-corrected chi connectivity index (χ1v) is 5.15. The Bertz CT molecular complexity index is 645. The van der Waals surface area contributed by atoms with E-state index in [1.807, 2.05) is 6.07 Å². The third-order valence-electron chi connectivity index (χ3n) is 2.33. The molecular weight excluding hydrogens is 216 g/mol. The molecule has 3 rings (SSSR count). The highest BCUT2D eigenvalue weighted by atomic mass is 16.5. The smallest absolute Gasteiger partial charge is 0.222 e. The minimum Gasteiger partial charge on any atom is -0.439 e. The lowest BCUT2D eigenvalue weighted by Crippen LogP contribution is -1.93. The van der Waals surface area contributed by atoms with Crippen LogP contribution in [-0.4, -0.2) is 14.6 Å². The van der Waals surface area contributed by atoms with Crippen molar-refractivity contribution in [3.63, 3.8) is 0 Å². The van der Waals surface area contributed by atoms with Gasteiger partial charge in [-0.3, -0.25) is 0 Å². The Kier molecular flexibility index (Phi) is 2.15. The predicted octanol–water partition coefficient (Wildman–Crippen LogP) is 2.10. The highest BCUT2D eigenvalue weighted by Crippen LogP contribution is 2.20. The first kappa shape index (κ1) is 9.65. The molecule has 0 unspecified atom stereocenters. The number of ether oxygens (including phenoxy) is 1. The molecule has 17 heavy (non-hydrogen) atoms. The summed E-state index contributed by atoms with van der Waals surface area (Å²) in [4.78, 5) is 4.30. The molecule has 0 saturated carbocycles. The molecule has 2 heterocycles. The monoisotopic (exact) mass is 226 g/mol. The molecule has 0 aliphatic carbocycles. The number of rotatable bonds is 2. The predicted molar refractivity (Wildman–Crippen MR) is 63.9 cm³/mol. The molecule has 2 aromatic heterocycles. The summed E-state index contributed by atoms with van der Waals surface area (Å²) in [5, 5.41) is 4.06. The molecule has 0 bridgehead atoms. The minimum atomic E-state index is 0.530. The zero-order valence-electron chi connectivity index (χ0n) is 8.95. The van der Waals surface area contributed by atoms with Gasteiger partial charge in [0.05, 0.1) is 6.20 Å². The largest absolute Gasteiger partial charge is 0.439 e. The molecule has 0 aliphatic rings. The number of hydrogen-bond acceptors (Lipinski definition) is 4. The van der Waals surface area contributed by atoms with Crippen LogP contribution in [0.15, 0.2) is 48.8 Å². The molecule has 2 N–H and O–H groups in total. The Balaban J connectivity index is 1.91. The van der Waals surface area contributed by atoms with Gasteiger partial charge < -0.3 is 10.5 Å². The molecule has 84 valence electrons. The summed E-state index contributed by atoms with van der Waals surface area (Å²) in [5.74, 6) is 1.23. The summed E-state index contributed by atoms with van der Waals surface area (Å²) in [7, 11) is 0. The topological polar surface area (TPSA) is 65.4 Å². The van der Waals surface area contributed by atoms with Crippen LogP contribution in [0.2, 0.25) is 0 Å². The second-order valence-corrected chi connectivity index (χ2v) is 3.57. The molecule has 1 aromatic carbocycles. The third kappa shape index (κ3) is 1.90. The molecule has 5 heteroatoms. The molecule has 0 fully saturated rings. The van der Waals surface area contributed by atoms with Gasteiger partial charge in [-0.1, -0.05) is 0 Å². The van der Waals surface area contributed by atoms with Gasteiger partial charge in [0.15, 0.2) is 5.65 Å². The van der Waals surface area contributed by atoms with E-state index in [0.29, 0.717) is 17.3 Å². The molecule has 0 saturated heterocycles. The zero-order chi connectivity index (χ0) is 11.7. The van der Waals surface area contributed by atoms with Gasteiger partial charge in [-0.25, -0.2) is 4.52 Å². The maximum Gasteiger partial charge on any atom is 0.222 e. The second kappa shape index (κ2) is 3.79. The maximum absolute atomic E-state index is 5.60. The lowest BCUT2D eigenvalue weighted by molar-refractivity contribution is 0.463. The molecule has 0 amide bonds. The van der Waals surface area contributed by atoms with Crippen molar-refractivity contribution in [2.24, 2.45) is 0 Å². The fourth-order valence-electron chi connectivity index (χ4n) is 1.51. The first-order valence-electron chi connectivity index (χ1n) is 5.15. The second-order valence-electron chi connectivity index (χ2n) is 3.57. The van der Waals surface area contributed by atoms with Crippen molar-refractivity contribution in [3.05, 3.63) is 48.8 Å². The number of nitrogen functional groups attached to an aromatic ring is 1. The molecule has 0 aliphatic heterocycles. The van der Waals surface area contributed by atoms with Crippen molar-refractivity contribution in [2.75, 3.05) is 5.73 Å². The van der Waals surface area contributed by atoms with Crippen molar-refractivity contribution in [3.8, 4) is 11.6 Å². The molecule has 3 aromatic rings. The molecular formula is C12H10N4O. The van der Waals surface area contributed by atoms with E-state index in [1.165, 1.54) is 0 Å². The van der Waals surface area contributed by atoms with E-state index < -0.39 is 0 Å². The lowest BCUT2D eigenvalue weighted by atomic mass is 10.3. The Hall–Kier alpha value is -2.56. The van der Waals surface area contributed by atoms with Gasteiger partial charge in [0, 0.05) is 24.0 Å². The Labute approximate surface area is 97.5 Å². The van der Waals surface area contributed by atoms with Crippen molar-refractivity contribution in [2.45, 2.75) is 0 Å². The van der Waals surface area contributed by atoms with E-state index in [4.69, 9.17) is 10.5 Å². The van der Waals surface area contributed by atoms with Gasteiger partial charge in [0.1, 0.15) is 5.75 Å². The van der Waals surface area contributed by atoms with Crippen LogP contribution < -0.4 is 10.5 Å². The quantitative estimate of drug-likeness (QED) is 0.679. The Morgan fingerprint density at radius 3 is 2.71 bits per heavy atom. The number of fused-ring (bicyclic) bond motifs is 1. The van der Waals surface area contributed by atoms with E-state index >= 15 is 0 Å². The molecule has 0 atom stereocenters. The molecule has 0 radical (unpaired) electrons. The van der Waals surface area contributed by atoms with Crippen LogP contribution >= 0.6 is 0 Å². The zero-order valence-corrected chi connectivity index (χ0v) is 8.95. The van der Waals surface area contributed by atoms with Crippen molar-refractivity contribution < 1.29 is 4.74 Å². The van der Waals surface area contributed by atoms with Crippen LogP contribution in [0.25, 0.3) is 5.65 Å². The molecule has 5 nitrogen and oxygen atoms in total. The number of nitrogens with zero attached hydrogens (tertiary/aromatic N) is 3. The van der Waals surface area contributed by atoms with Gasteiger partial charge in [0.2, 0.25) is 5.88 Å². The number of benzene rings is 1. The van der Waals surface area contributed by atoms with Crippen LogP contribution in [0.1, 0.15) is 0 Å². The Morgan fingerprint density at radius 2 is 1.88 bits per heavy atom. The van der Waals surface area contributed by atoms with Crippen LogP contribution in [0.4, 0.5) is 5.69 Å². The Morgan fingerprint density at radius 1 is 1.06 bits per heavy atom. The maximum atomic E-state index is 5.60. The van der Waals surface area contributed by atoms with E-state index in [9.17, 15) is 0 Å². The van der Waals surface area contributed by atoms with Crippen LogP contribution in [0.3, 0.4) is 0 Å². The minimum absolute atomic E-state index is 0.530.